The van der Waals surface area contributed by atoms with Crippen molar-refractivity contribution < 1.29 is 0 Å². The summed E-state index contributed by atoms with van der Waals surface area (Å²) in [7, 11) is 0. The van der Waals surface area contributed by atoms with Crippen molar-refractivity contribution >= 4 is 11.3 Å². The zero-order chi connectivity index (χ0) is 9.80. The van der Waals surface area contributed by atoms with Gasteiger partial charge < -0.3 is 5.32 Å². The summed E-state index contributed by atoms with van der Waals surface area (Å²) in [6.07, 6.45) is 5.40. The minimum Gasteiger partial charge on any atom is -0.313 e. The molecular weight excluding hydrogens is 190 g/mol. The first-order valence-corrected chi connectivity index (χ1v) is 6.50. The van der Waals surface area contributed by atoms with Gasteiger partial charge in [0, 0.05) is 17.5 Å². The molecule has 0 bridgehead atoms. The van der Waals surface area contributed by atoms with Crippen LogP contribution >= 0.6 is 11.3 Å². The number of rotatable bonds is 4. The summed E-state index contributed by atoms with van der Waals surface area (Å²) < 4.78 is 0. The normalized spacial score (nSPS) is 26.9. The molecule has 1 saturated carbocycles. The van der Waals surface area contributed by atoms with Crippen molar-refractivity contribution in [3.05, 3.63) is 22.4 Å². The van der Waals surface area contributed by atoms with E-state index in [0.29, 0.717) is 0 Å². The Morgan fingerprint density at radius 1 is 1.50 bits per heavy atom. The lowest BCUT2D eigenvalue weighted by Crippen LogP contribution is -2.32. The topological polar surface area (TPSA) is 12.0 Å². The Hall–Kier alpha value is -0.340. The van der Waals surface area contributed by atoms with Gasteiger partial charge in [-0.15, -0.1) is 11.3 Å². The molecule has 1 aromatic heterocycles. The fraction of sp³-hybridized carbons (Fsp3) is 0.667. The second-order valence-electron chi connectivity index (χ2n) is 4.30. The molecule has 1 N–H and O–H groups in total. The van der Waals surface area contributed by atoms with Crippen LogP contribution in [-0.4, -0.2) is 12.6 Å². The van der Waals surface area contributed by atoms with Gasteiger partial charge in [0.15, 0.2) is 0 Å². The molecule has 2 unspecified atom stereocenters. The highest BCUT2D eigenvalue weighted by Crippen LogP contribution is 2.24. The first-order valence-electron chi connectivity index (χ1n) is 5.62. The van der Waals surface area contributed by atoms with Crippen LogP contribution in [0.15, 0.2) is 17.5 Å². The third-order valence-corrected chi connectivity index (χ3v) is 4.16. The molecule has 0 saturated heterocycles. The van der Waals surface area contributed by atoms with Gasteiger partial charge in [-0.1, -0.05) is 19.4 Å². The van der Waals surface area contributed by atoms with Crippen LogP contribution < -0.4 is 5.32 Å². The molecule has 1 aliphatic rings. The summed E-state index contributed by atoms with van der Waals surface area (Å²) in [6, 6.07) is 5.15. The first-order chi connectivity index (χ1) is 6.86. The van der Waals surface area contributed by atoms with Crippen LogP contribution in [0, 0.1) is 5.92 Å². The minimum atomic E-state index is 0.787. The standard InChI is InChI=1S/C12H19NS/c1-10-4-2-6-12(10)13-8-7-11-5-3-9-14-11/h3,5,9-10,12-13H,2,4,6-8H2,1H3. The SMILES string of the molecule is CC1CCCC1NCCc1cccs1. The molecule has 2 atom stereocenters. The van der Waals surface area contributed by atoms with Crippen molar-refractivity contribution in [3.8, 4) is 0 Å². The second-order valence-corrected chi connectivity index (χ2v) is 5.33. The van der Waals surface area contributed by atoms with Crippen LogP contribution in [0.3, 0.4) is 0 Å². The minimum absolute atomic E-state index is 0.787. The third-order valence-electron chi connectivity index (χ3n) is 3.22. The summed E-state index contributed by atoms with van der Waals surface area (Å²) >= 11 is 1.87. The molecule has 0 amide bonds. The summed E-state index contributed by atoms with van der Waals surface area (Å²) in [5.41, 5.74) is 0. The second kappa shape index (κ2) is 4.94. The van der Waals surface area contributed by atoms with E-state index >= 15 is 0 Å². The molecule has 1 heterocycles. The zero-order valence-electron chi connectivity index (χ0n) is 8.83. The van der Waals surface area contributed by atoms with E-state index in [1.165, 1.54) is 30.6 Å². The molecule has 0 spiro atoms. The average molecular weight is 209 g/mol. The molecular formula is C12H19NS. The maximum absolute atomic E-state index is 3.68. The highest BCUT2D eigenvalue weighted by atomic mass is 32.1. The van der Waals surface area contributed by atoms with Gasteiger partial charge in [-0.3, -0.25) is 0 Å². The van der Waals surface area contributed by atoms with Crippen LogP contribution in [-0.2, 0) is 6.42 Å². The van der Waals surface area contributed by atoms with Gasteiger partial charge in [0.05, 0.1) is 0 Å². The largest absolute Gasteiger partial charge is 0.313 e. The van der Waals surface area contributed by atoms with E-state index < -0.39 is 0 Å². The summed E-state index contributed by atoms with van der Waals surface area (Å²) in [5, 5.41) is 5.84. The lowest BCUT2D eigenvalue weighted by molar-refractivity contribution is 0.430. The van der Waals surface area contributed by atoms with Gasteiger partial charge in [0.25, 0.3) is 0 Å². The summed E-state index contributed by atoms with van der Waals surface area (Å²) in [6.45, 7) is 3.52. The predicted molar refractivity (Wildman–Crippen MR) is 62.8 cm³/mol. The van der Waals surface area contributed by atoms with Crippen molar-refractivity contribution in [2.75, 3.05) is 6.54 Å². The Morgan fingerprint density at radius 2 is 2.43 bits per heavy atom. The Kier molecular flexibility index (Phi) is 3.60. The Balaban J connectivity index is 1.68. The van der Waals surface area contributed by atoms with Gasteiger partial charge >= 0.3 is 0 Å². The lowest BCUT2D eigenvalue weighted by atomic mass is 10.1. The highest BCUT2D eigenvalue weighted by molar-refractivity contribution is 7.09. The third kappa shape index (κ3) is 2.58. The molecule has 2 rings (SSSR count). The highest BCUT2D eigenvalue weighted by Gasteiger charge is 2.21. The Morgan fingerprint density at radius 3 is 3.07 bits per heavy atom. The van der Waals surface area contributed by atoms with Crippen molar-refractivity contribution in [1.82, 2.24) is 5.32 Å². The van der Waals surface area contributed by atoms with E-state index in [0.717, 1.165) is 18.5 Å². The van der Waals surface area contributed by atoms with Crippen LogP contribution in [0.2, 0.25) is 0 Å². The van der Waals surface area contributed by atoms with Crippen LogP contribution in [0.5, 0.6) is 0 Å². The summed E-state index contributed by atoms with van der Waals surface area (Å²) in [5.74, 6) is 0.887. The fourth-order valence-corrected chi connectivity index (χ4v) is 2.99. The Labute approximate surface area is 90.5 Å². The van der Waals surface area contributed by atoms with Crippen LogP contribution in [0.4, 0.5) is 0 Å². The van der Waals surface area contributed by atoms with Crippen molar-refractivity contribution in [2.24, 2.45) is 5.92 Å². The predicted octanol–water partition coefficient (Wildman–Crippen LogP) is 3.07. The zero-order valence-corrected chi connectivity index (χ0v) is 9.65. The number of nitrogens with one attached hydrogen (secondary N) is 1. The van der Waals surface area contributed by atoms with Gasteiger partial charge in [-0.2, -0.15) is 0 Å². The molecule has 0 radical (unpaired) electrons. The van der Waals surface area contributed by atoms with Gasteiger partial charge in [0.2, 0.25) is 0 Å². The van der Waals surface area contributed by atoms with Gasteiger partial charge in [-0.05, 0) is 36.6 Å². The van der Waals surface area contributed by atoms with E-state index in [1.54, 1.807) is 0 Å². The monoisotopic (exact) mass is 209 g/mol. The molecule has 14 heavy (non-hydrogen) atoms. The number of thiophene rings is 1. The fourth-order valence-electron chi connectivity index (χ4n) is 2.28. The van der Waals surface area contributed by atoms with E-state index in [4.69, 9.17) is 0 Å². The van der Waals surface area contributed by atoms with Crippen molar-refractivity contribution in [3.63, 3.8) is 0 Å². The molecule has 2 heteroatoms. The van der Waals surface area contributed by atoms with Crippen LogP contribution in [0.1, 0.15) is 31.1 Å². The lowest BCUT2D eigenvalue weighted by Gasteiger charge is -2.16. The number of hydrogen-bond donors (Lipinski definition) is 1. The van der Waals surface area contributed by atoms with E-state index in [9.17, 15) is 0 Å². The number of hydrogen-bond acceptors (Lipinski definition) is 2. The van der Waals surface area contributed by atoms with Crippen molar-refractivity contribution in [2.45, 2.75) is 38.6 Å². The first kappa shape index (κ1) is 10.2. The van der Waals surface area contributed by atoms with Gasteiger partial charge in [-0.25, -0.2) is 0 Å². The smallest absolute Gasteiger partial charge is 0.00928 e. The molecule has 1 fully saturated rings. The molecule has 1 aromatic rings. The van der Waals surface area contributed by atoms with E-state index in [1.807, 2.05) is 11.3 Å². The Bertz CT molecular complexity index is 255. The molecule has 78 valence electrons. The van der Waals surface area contributed by atoms with Gasteiger partial charge in [0.1, 0.15) is 0 Å². The van der Waals surface area contributed by atoms with Crippen LogP contribution in [0.25, 0.3) is 0 Å². The maximum atomic E-state index is 3.68. The maximum Gasteiger partial charge on any atom is 0.00928 e. The quantitative estimate of drug-likeness (QED) is 0.803. The molecule has 1 aliphatic carbocycles. The molecule has 0 aliphatic heterocycles. The summed E-state index contributed by atoms with van der Waals surface area (Å²) in [4.78, 5) is 1.50. The van der Waals surface area contributed by atoms with E-state index in [-0.39, 0.29) is 0 Å². The molecule has 0 aromatic carbocycles. The molecule has 1 nitrogen and oxygen atoms in total. The van der Waals surface area contributed by atoms with Crippen molar-refractivity contribution in [1.29, 1.82) is 0 Å². The van der Waals surface area contributed by atoms with E-state index in [2.05, 4.69) is 29.8 Å². The average Bonchev–Trinajstić information content (AvgIpc) is 2.78.